The summed E-state index contributed by atoms with van der Waals surface area (Å²) < 4.78 is 14.1. The second-order valence-electron chi connectivity index (χ2n) is 6.00. The van der Waals surface area contributed by atoms with E-state index in [1.54, 1.807) is 13.2 Å². The predicted octanol–water partition coefficient (Wildman–Crippen LogP) is 2.68. The van der Waals surface area contributed by atoms with Crippen LogP contribution in [0.1, 0.15) is 0 Å². The minimum Gasteiger partial charge on any atom is -0.350 e. The first-order chi connectivity index (χ1) is 12.5. The number of halogens is 1. The molecule has 1 amide bonds. The molecule has 0 aliphatic carbocycles. The fourth-order valence-electron chi connectivity index (χ4n) is 2.93. The van der Waals surface area contributed by atoms with E-state index in [4.69, 9.17) is 0 Å². The molecule has 0 saturated heterocycles. The maximum atomic E-state index is 13.0. The third-order valence-electron chi connectivity index (χ3n) is 4.39. The number of benzene rings is 2. The average molecular weight is 350 g/mol. The number of para-hydroxylation sites is 1. The first-order valence-electron chi connectivity index (χ1n) is 8.03. The zero-order valence-electron chi connectivity index (χ0n) is 13.9. The molecule has 1 N–H and O–H groups in total. The Labute approximate surface area is 147 Å². The number of carbonyl (C=O) groups is 1. The zero-order valence-corrected chi connectivity index (χ0v) is 13.9. The highest BCUT2D eigenvalue weighted by molar-refractivity contribution is 6.06. The van der Waals surface area contributed by atoms with Crippen molar-refractivity contribution in [3.63, 3.8) is 0 Å². The van der Waals surface area contributed by atoms with Crippen molar-refractivity contribution in [2.75, 3.05) is 11.9 Å². The second-order valence-corrected chi connectivity index (χ2v) is 6.00. The Morgan fingerprint density at radius 2 is 1.88 bits per heavy atom. The van der Waals surface area contributed by atoms with Gasteiger partial charge in [0.2, 0.25) is 5.91 Å². The van der Waals surface area contributed by atoms with Gasteiger partial charge in [-0.3, -0.25) is 9.59 Å². The maximum Gasteiger partial charge on any atom is 0.291 e. The molecule has 130 valence electrons. The molecular formula is C19H15FN4O2. The van der Waals surface area contributed by atoms with Gasteiger partial charge in [-0.1, -0.05) is 18.2 Å². The molecule has 4 aromatic rings. The van der Waals surface area contributed by atoms with Crippen LogP contribution >= 0.6 is 0 Å². The van der Waals surface area contributed by atoms with Crippen LogP contribution in [-0.4, -0.2) is 27.7 Å². The molecule has 2 aromatic heterocycles. The second kappa shape index (κ2) is 6.11. The third-order valence-corrected chi connectivity index (χ3v) is 4.39. The van der Waals surface area contributed by atoms with Crippen LogP contribution in [0.5, 0.6) is 0 Å². The van der Waals surface area contributed by atoms with Gasteiger partial charge in [0.15, 0.2) is 0 Å². The highest BCUT2D eigenvalue weighted by Gasteiger charge is 2.16. The van der Waals surface area contributed by atoms with E-state index < -0.39 is 0 Å². The number of aromatic nitrogens is 3. The number of H-pyrrole nitrogens is 1. The number of hydrogen-bond donors (Lipinski definition) is 1. The molecule has 2 heterocycles. The molecule has 4 rings (SSSR count). The molecule has 2 aromatic carbocycles. The van der Waals surface area contributed by atoms with Gasteiger partial charge in [-0.25, -0.2) is 9.07 Å². The number of nitrogens with one attached hydrogen (secondary N) is 1. The number of amides is 1. The quantitative estimate of drug-likeness (QED) is 0.617. The van der Waals surface area contributed by atoms with Gasteiger partial charge < -0.3 is 9.88 Å². The van der Waals surface area contributed by atoms with Crippen LogP contribution in [0.15, 0.2) is 59.5 Å². The molecule has 7 heteroatoms. The Kier molecular flexibility index (Phi) is 3.76. The van der Waals surface area contributed by atoms with Crippen molar-refractivity contribution in [1.29, 1.82) is 0 Å². The highest BCUT2D eigenvalue weighted by Crippen LogP contribution is 2.21. The number of likely N-dealkylation sites (N-methyl/N-ethyl adjacent to an activating group) is 1. The molecule has 0 saturated carbocycles. The van der Waals surface area contributed by atoms with E-state index >= 15 is 0 Å². The van der Waals surface area contributed by atoms with Crippen LogP contribution in [0.25, 0.3) is 21.8 Å². The Bertz CT molecular complexity index is 1180. The minimum absolute atomic E-state index is 0.210. The van der Waals surface area contributed by atoms with E-state index in [0.717, 1.165) is 21.0 Å². The number of hydrogen-bond acceptors (Lipinski definition) is 3. The summed E-state index contributed by atoms with van der Waals surface area (Å²) in [5, 5.41) is 5.77. The lowest BCUT2D eigenvalue weighted by molar-refractivity contribution is -0.119. The zero-order chi connectivity index (χ0) is 18.3. The van der Waals surface area contributed by atoms with E-state index in [-0.39, 0.29) is 23.8 Å². The van der Waals surface area contributed by atoms with E-state index in [2.05, 4.69) is 10.1 Å². The number of carbonyl (C=O) groups excluding carboxylic acids is 1. The summed E-state index contributed by atoms with van der Waals surface area (Å²) >= 11 is 0. The molecule has 26 heavy (non-hydrogen) atoms. The first kappa shape index (κ1) is 16.0. The van der Waals surface area contributed by atoms with E-state index in [1.807, 2.05) is 24.3 Å². The summed E-state index contributed by atoms with van der Waals surface area (Å²) in [5.41, 5.74) is 1.43. The lowest BCUT2D eigenvalue weighted by atomic mass is 10.2. The molecule has 0 radical (unpaired) electrons. The topological polar surface area (TPSA) is 71.0 Å². The van der Waals surface area contributed by atoms with Crippen molar-refractivity contribution in [2.24, 2.45) is 0 Å². The number of fused-ring (bicyclic) bond motifs is 3. The molecule has 0 atom stereocenters. The van der Waals surface area contributed by atoms with E-state index in [0.29, 0.717) is 11.2 Å². The lowest BCUT2D eigenvalue weighted by Crippen LogP contribution is -2.35. The Balaban J connectivity index is 1.67. The van der Waals surface area contributed by atoms with Gasteiger partial charge >= 0.3 is 0 Å². The summed E-state index contributed by atoms with van der Waals surface area (Å²) in [5.74, 6) is -0.710. The smallest absolute Gasteiger partial charge is 0.291 e. The Hall–Kier alpha value is -3.48. The van der Waals surface area contributed by atoms with Gasteiger partial charge in [-0.15, -0.1) is 0 Å². The molecule has 0 aliphatic heterocycles. The van der Waals surface area contributed by atoms with Crippen molar-refractivity contribution in [2.45, 2.75) is 6.54 Å². The van der Waals surface area contributed by atoms with Crippen molar-refractivity contribution in [1.82, 2.24) is 14.8 Å². The number of rotatable bonds is 3. The van der Waals surface area contributed by atoms with Crippen molar-refractivity contribution < 1.29 is 9.18 Å². The summed E-state index contributed by atoms with van der Waals surface area (Å²) in [4.78, 5) is 29.6. The van der Waals surface area contributed by atoms with Gasteiger partial charge in [0.25, 0.3) is 5.56 Å². The maximum absolute atomic E-state index is 13.0. The average Bonchev–Trinajstić information content (AvgIpc) is 3.03. The monoisotopic (exact) mass is 350 g/mol. The number of nitrogens with zero attached hydrogens (tertiary/aromatic N) is 3. The van der Waals surface area contributed by atoms with Gasteiger partial charge in [0.05, 0.1) is 6.20 Å². The van der Waals surface area contributed by atoms with Gasteiger partial charge in [-0.2, -0.15) is 5.10 Å². The van der Waals surface area contributed by atoms with Crippen LogP contribution in [0.2, 0.25) is 0 Å². The summed E-state index contributed by atoms with van der Waals surface area (Å²) in [7, 11) is 1.57. The van der Waals surface area contributed by atoms with Crippen LogP contribution in [0.3, 0.4) is 0 Å². The fraction of sp³-hybridized carbons (Fsp3) is 0.105. The molecule has 0 spiro atoms. The first-order valence-corrected chi connectivity index (χ1v) is 8.03. The molecular weight excluding hydrogens is 335 g/mol. The minimum atomic E-state index is -0.378. The molecule has 0 unspecified atom stereocenters. The normalized spacial score (nSPS) is 11.2. The molecule has 0 aliphatic rings. The van der Waals surface area contributed by atoms with Crippen LogP contribution in [0, 0.1) is 5.82 Å². The molecule has 0 fully saturated rings. The van der Waals surface area contributed by atoms with Gasteiger partial charge in [0, 0.05) is 29.0 Å². The predicted molar refractivity (Wildman–Crippen MR) is 97.7 cm³/mol. The summed E-state index contributed by atoms with van der Waals surface area (Å²) in [6.07, 6.45) is 1.58. The Morgan fingerprint density at radius 3 is 2.65 bits per heavy atom. The van der Waals surface area contributed by atoms with E-state index in [1.165, 1.54) is 29.2 Å². The SMILES string of the molecule is CN(C(=O)Cn1ncc2c([nH]c3ccccc32)c1=O)c1ccc(F)cc1. The van der Waals surface area contributed by atoms with E-state index in [9.17, 15) is 14.0 Å². The number of aromatic amines is 1. The van der Waals surface area contributed by atoms with Crippen LogP contribution < -0.4 is 10.5 Å². The molecule has 6 nitrogen and oxygen atoms in total. The summed E-state index contributed by atoms with van der Waals surface area (Å²) in [6, 6.07) is 13.1. The summed E-state index contributed by atoms with van der Waals surface area (Å²) in [6.45, 7) is -0.210. The van der Waals surface area contributed by atoms with Gasteiger partial charge in [0.1, 0.15) is 17.9 Å². The lowest BCUT2D eigenvalue weighted by Gasteiger charge is -2.17. The largest absolute Gasteiger partial charge is 0.350 e. The van der Waals surface area contributed by atoms with Crippen LogP contribution in [-0.2, 0) is 11.3 Å². The van der Waals surface area contributed by atoms with Crippen LogP contribution in [0.4, 0.5) is 10.1 Å². The Morgan fingerprint density at radius 1 is 1.15 bits per heavy atom. The molecule has 0 bridgehead atoms. The third kappa shape index (κ3) is 2.63. The van der Waals surface area contributed by atoms with Crippen molar-refractivity contribution in [3.05, 3.63) is 70.9 Å². The standard InChI is InChI=1S/C19H15FN4O2/c1-23(13-8-6-12(20)7-9-13)17(25)11-24-19(26)18-15(10-21-24)14-4-2-3-5-16(14)22-18/h2-10,22H,11H2,1H3. The number of anilines is 1. The van der Waals surface area contributed by atoms with Crippen molar-refractivity contribution >= 4 is 33.4 Å². The fourth-order valence-corrected chi connectivity index (χ4v) is 2.93. The highest BCUT2D eigenvalue weighted by atomic mass is 19.1. The van der Waals surface area contributed by atoms with Crippen molar-refractivity contribution in [3.8, 4) is 0 Å². The van der Waals surface area contributed by atoms with Gasteiger partial charge in [-0.05, 0) is 30.3 Å².